The summed E-state index contributed by atoms with van der Waals surface area (Å²) in [6.07, 6.45) is 0.271. The molecule has 1 atom stereocenters. The zero-order valence-corrected chi connectivity index (χ0v) is 18.1. The zero-order chi connectivity index (χ0) is 23.5. The Bertz CT molecular complexity index is 1050. The number of benzene rings is 3. The summed E-state index contributed by atoms with van der Waals surface area (Å²) < 4.78 is 5.16. The summed E-state index contributed by atoms with van der Waals surface area (Å²) in [7, 11) is 0. The van der Waals surface area contributed by atoms with Gasteiger partial charge in [0, 0.05) is 18.5 Å². The number of nitrogens with one attached hydrogen (secondary N) is 2. The van der Waals surface area contributed by atoms with Crippen LogP contribution in [0.25, 0.3) is 0 Å². The SMILES string of the molecule is O=C(NCCc1ccc(C(=O)N[C@@H](Cc2ccccc2)C(=O)O)cc1)OCc1ccccc1. The highest BCUT2D eigenvalue weighted by molar-refractivity contribution is 5.96. The van der Waals surface area contributed by atoms with Crippen LogP contribution < -0.4 is 10.6 Å². The van der Waals surface area contributed by atoms with Crippen molar-refractivity contribution in [2.24, 2.45) is 0 Å². The molecule has 3 aromatic rings. The van der Waals surface area contributed by atoms with Crippen molar-refractivity contribution in [1.29, 1.82) is 0 Å². The minimum absolute atomic E-state index is 0.200. The molecule has 170 valence electrons. The standard InChI is InChI=1S/C26H26N2O5/c29-24(28-23(25(30)31)17-20-7-3-1-4-8-20)22-13-11-19(12-14-22)15-16-27-26(32)33-18-21-9-5-2-6-10-21/h1-14,23H,15-18H2,(H,27,32)(H,28,29)(H,30,31)/t23-/m0/s1. The van der Waals surface area contributed by atoms with Crippen molar-refractivity contribution in [2.45, 2.75) is 25.5 Å². The predicted molar refractivity (Wildman–Crippen MR) is 124 cm³/mol. The third-order valence-electron chi connectivity index (χ3n) is 5.00. The fourth-order valence-electron chi connectivity index (χ4n) is 3.20. The normalized spacial score (nSPS) is 11.3. The van der Waals surface area contributed by atoms with Crippen LogP contribution in [0.15, 0.2) is 84.9 Å². The lowest BCUT2D eigenvalue weighted by Crippen LogP contribution is -2.42. The van der Waals surface area contributed by atoms with Gasteiger partial charge < -0.3 is 20.5 Å². The summed E-state index contributed by atoms with van der Waals surface area (Å²) in [5.41, 5.74) is 3.04. The van der Waals surface area contributed by atoms with Crippen molar-refractivity contribution in [3.63, 3.8) is 0 Å². The van der Waals surface area contributed by atoms with Crippen molar-refractivity contribution in [1.82, 2.24) is 10.6 Å². The van der Waals surface area contributed by atoms with Crippen LogP contribution in [0.3, 0.4) is 0 Å². The van der Waals surface area contributed by atoms with E-state index in [1.165, 1.54) is 0 Å². The van der Waals surface area contributed by atoms with Gasteiger partial charge in [-0.15, -0.1) is 0 Å². The minimum Gasteiger partial charge on any atom is -0.480 e. The monoisotopic (exact) mass is 446 g/mol. The van der Waals surface area contributed by atoms with Crippen LogP contribution in [-0.2, 0) is 29.0 Å². The number of carbonyl (C=O) groups is 3. The van der Waals surface area contributed by atoms with Crippen LogP contribution in [-0.4, -0.2) is 35.7 Å². The number of rotatable bonds is 10. The maximum Gasteiger partial charge on any atom is 0.407 e. The molecule has 0 bridgehead atoms. The van der Waals surface area contributed by atoms with E-state index >= 15 is 0 Å². The van der Waals surface area contributed by atoms with Gasteiger partial charge in [0.05, 0.1) is 0 Å². The summed E-state index contributed by atoms with van der Waals surface area (Å²) in [6, 6.07) is 24.4. The molecule has 3 N–H and O–H groups in total. The third kappa shape index (κ3) is 7.81. The smallest absolute Gasteiger partial charge is 0.407 e. The lowest BCUT2D eigenvalue weighted by Gasteiger charge is -2.15. The molecule has 0 heterocycles. The molecule has 7 heteroatoms. The van der Waals surface area contributed by atoms with Gasteiger partial charge in [-0.1, -0.05) is 72.8 Å². The fourth-order valence-corrected chi connectivity index (χ4v) is 3.20. The molecule has 7 nitrogen and oxygen atoms in total. The van der Waals surface area contributed by atoms with Crippen molar-refractivity contribution < 1.29 is 24.2 Å². The van der Waals surface area contributed by atoms with E-state index in [0.29, 0.717) is 18.5 Å². The lowest BCUT2D eigenvalue weighted by atomic mass is 10.0. The van der Waals surface area contributed by atoms with Gasteiger partial charge >= 0.3 is 12.1 Å². The molecule has 0 aliphatic carbocycles. The van der Waals surface area contributed by atoms with Crippen molar-refractivity contribution >= 4 is 18.0 Å². The van der Waals surface area contributed by atoms with E-state index in [1.807, 2.05) is 60.7 Å². The summed E-state index contributed by atoms with van der Waals surface area (Å²) in [4.78, 5) is 35.9. The predicted octanol–water partition coefficient (Wildman–Crippen LogP) is 3.58. The Morgan fingerprint density at radius 1 is 0.788 bits per heavy atom. The van der Waals surface area contributed by atoms with E-state index in [4.69, 9.17) is 4.74 Å². The number of carboxylic acids is 1. The van der Waals surface area contributed by atoms with E-state index < -0.39 is 24.0 Å². The Balaban J connectivity index is 1.44. The number of alkyl carbamates (subject to hydrolysis) is 1. The number of carboxylic acid groups (broad SMARTS) is 1. The number of amides is 2. The van der Waals surface area contributed by atoms with Crippen LogP contribution in [0.2, 0.25) is 0 Å². The highest BCUT2D eigenvalue weighted by Crippen LogP contribution is 2.08. The second kappa shape index (κ2) is 12.0. The highest BCUT2D eigenvalue weighted by atomic mass is 16.5. The Hall–Kier alpha value is -4.13. The second-order valence-electron chi connectivity index (χ2n) is 7.49. The van der Waals surface area contributed by atoms with Gasteiger partial charge in [0.15, 0.2) is 0 Å². The van der Waals surface area contributed by atoms with Crippen molar-refractivity contribution in [3.8, 4) is 0 Å². The first kappa shape index (κ1) is 23.5. The molecule has 0 saturated carbocycles. The minimum atomic E-state index is -1.09. The first-order chi connectivity index (χ1) is 16.0. The van der Waals surface area contributed by atoms with Crippen LogP contribution in [0, 0.1) is 0 Å². The number of hydrogen-bond donors (Lipinski definition) is 3. The largest absolute Gasteiger partial charge is 0.480 e. The van der Waals surface area contributed by atoms with E-state index in [0.717, 1.165) is 16.7 Å². The Morgan fingerprint density at radius 2 is 1.39 bits per heavy atom. The fraction of sp³-hybridized carbons (Fsp3) is 0.192. The molecule has 0 aliphatic heterocycles. The lowest BCUT2D eigenvalue weighted by molar-refractivity contribution is -0.139. The molecule has 0 saturated heterocycles. The van der Waals surface area contributed by atoms with E-state index in [2.05, 4.69) is 10.6 Å². The maximum atomic E-state index is 12.5. The average molecular weight is 447 g/mol. The van der Waals surface area contributed by atoms with Gasteiger partial charge in [-0.25, -0.2) is 9.59 Å². The topological polar surface area (TPSA) is 105 Å². The second-order valence-corrected chi connectivity index (χ2v) is 7.49. The maximum absolute atomic E-state index is 12.5. The summed E-state index contributed by atoms with van der Waals surface area (Å²) in [5, 5.41) is 14.7. The van der Waals surface area contributed by atoms with Crippen molar-refractivity contribution in [2.75, 3.05) is 6.54 Å². The average Bonchev–Trinajstić information content (AvgIpc) is 2.84. The molecule has 0 unspecified atom stereocenters. The summed E-state index contributed by atoms with van der Waals surface area (Å²) in [6.45, 7) is 0.593. The van der Waals surface area contributed by atoms with Crippen LogP contribution in [0.1, 0.15) is 27.0 Å². The highest BCUT2D eigenvalue weighted by Gasteiger charge is 2.21. The number of aliphatic carboxylic acids is 1. The van der Waals surface area contributed by atoms with Gasteiger partial charge in [-0.05, 0) is 35.2 Å². The molecule has 0 aliphatic rings. The quantitative estimate of drug-likeness (QED) is 0.442. The number of carbonyl (C=O) groups excluding carboxylic acids is 2. The molecule has 2 amide bonds. The third-order valence-corrected chi connectivity index (χ3v) is 5.00. The Kier molecular flexibility index (Phi) is 8.59. The van der Waals surface area contributed by atoms with E-state index in [-0.39, 0.29) is 13.0 Å². The van der Waals surface area contributed by atoms with Crippen LogP contribution in [0.4, 0.5) is 4.79 Å². The van der Waals surface area contributed by atoms with Gasteiger partial charge in [-0.2, -0.15) is 0 Å². The summed E-state index contributed by atoms with van der Waals surface area (Å²) in [5.74, 6) is -1.54. The first-order valence-electron chi connectivity index (χ1n) is 10.6. The number of ether oxygens (including phenoxy) is 1. The zero-order valence-electron chi connectivity index (χ0n) is 18.1. The Labute approximate surface area is 192 Å². The first-order valence-corrected chi connectivity index (χ1v) is 10.6. The molecule has 33 heavy (non-hydrogen) atoms. The van der Waals surface area contributed by atoms with E-state index in [9.17, 15) is 19.5 Å². The molecule has 3 rings (SSSR count). The molecule has 3 aromatic carbocycles. The van der Waals surface area contributed by atoms with Crippen LogP contribution >= 0.6 is 0 Å². The molecular formula is C26H26N2O5. The van der Waals surface area contributed by atoms with E-state index in [1.54, 1.807) is 24.3 Å². The molecular weight excluding hydrogens is 420 g/mol. The van der Waals surface area contributed by atoms with Gasteiger partial charge in [-0.3, -0.25) is 4.79 Å². The number of hydrogen-bond acceptors (Lipinski definition) is 4. The molecule has 0 spiro atoms. The molecule has 0 fully saturated rings. The summed E-state index contributed by atoms with van der Waals surface area (Å²) >= 11 is 0. The van der Waals surface area contributed by atoms with Crippen LogP contribution in [0.5, 0.6) is 0 Å². The van der Waals surface area contributed by atoms with Gasteiger partial charge in [0.25, 0.3) is 5.91 Å². The molecule has 0 aromatic heterocycles. The Morgan fingerprint density at radius 3 is 2.00 bits per heavy atom. The molecule has 0 radical (unpaired) electrons. The van der Waals surface area contributed by atoms with Gasteiger partial charge in [0.1, 0.15) is 12.6 Å². The van der Waals surface area contributed by atoms with Crippen molar-refractivity contribution in [3.05, 3.63) is 107 Å². The van der Waals surface area contributed by atoms with Gasteiger partial charge in [0.2, 0.25) is 0 Å².